The van der Waals surface area contributed by atoms with Gasteiger partial charge in [0.25, 0.3) is 0 Å². The van der Waals surface area contributed by atoms with Gasteiger partial charge in [-0.2, -0.15) is 0 Å². The Labute approximate surface area is 62.6 Å². The van der Waals surface area contributed by atoms with Gasteiger partial charge in [0, 0.05) is 12.6 Å². The van der Waals surface area contributed by atoms with Crippen molar-refractivity contribution < 1.29 is 0 Å². The van der Waals surface area contributed by atoms with E-state index in [1.54, 1.807) is 0 Å². The van der Waals surface area contributed by atoms with Crippen molar-refractivity contribution in [3.8, 4) is 0 Å². The Morgan fingerprint density at radius 2 is 2.20 bits per heavy atom. The normalized spacial score (nSPS) is 34.2. The van der Waals surface area contributed by atoms with Gasteiger partial charge < -0.3 is 10.2 Å². The Morgan fingerprint density at radius 3 is 2.70 bits per heavy atom. The average molecular weight is 140 g/mol. The van der Waals surface area contributed by atoms with E-state index >= 15 is 0 Å². The van der Waals surface area contributed by atoms with E-state index in [-0.39, 0.29) is 0 Å². The highest BCUT2D eigenvalue weighted by molar-refractivity contribution is 4.80. The molecule has 0 spiro atoms. The topological polar surface area (TPSA) is 15.3 Å². The third-order valence-corrected chi connectivity index (χ3v) is 2.59. The van der Waals surface area contributed by atoms with Crippen LogP contribution < -0.4 is 5.32 Å². The van der Waals surface area contributed by atoms with E-state index in [0.717, 1.165) is 6.04 Å². The molecule has 58 valence electrons. The fourth-order valence-corrected chi connectivity index (χ4v) is 1.79. The molecular formula is C8H16N2. The third kappa shape index (κ3) is 1.32. The minimum absolute atomic E-state index is 0.820. The first kappa shape index (κ1) is 6.62. The molecule has 0 amide bonds. The minimum Gasteiger partial charge on any atom is -0.313 e. The highest BCUT2D eigenvalue weighted by atomic mass is 15.2. The summed E-state index contributed by atoms with van der Waals surface area (Å²) in [5.41, 5.74) is 0. The van der Waals surface area contributed by atoms with Crippen molar-refractivity contribution in [3.63, 3.8) is 0 Å². The van der Waals surface area contributed by atoms with Gasteiger partial charge in [-0.05, 0) is 38.9 Å². The lowest BCUT2D eigenvalue weighted by atomic mass is 10.1. The predicted molar refractivity (Wildman–Crippen MR) is 42.1 cm³/mol. The molecule has 0 aromatic carbocycles. The highest BCUT2D eigenvalue weighted by Crippen LogP contribution is 2.11. The van der Waals surface area contributed by atoms with E-state index in [0.29, 0.717) is 0 Å². The lowest BCUT2D eigenvalue weighted by Crippen LogP contribution is -2.44. The zero-order valence-corrected chi connectivity index (χ0v) is 6.47. The summed E-state index contributed by atoms with van der Waals surface area (Å²) >= 11 is 0. The van der Waals surface area contributed by atoms with Crippen molar-refractivity contribution in [1.82, 2.24) is 10.2 Å². The zero-order valence-electron chi connectivity index (χ0n) is 6.47. The van der Waals surface area contributed by atoms with E-state index < -0.39 is 0 Å². The van der Waals surface area contributed by atoms with Crippen LogP contribution in [0.3, 0.4) is 0 Å². The molecule has 0 aromatic heterocycles. The molecule has 0 saturated carbocycles. The van der Waals surface area contributed by atoms with E-state index in [1.807, 2.05) is 0 Å². The first-order chi connectivity index (χ1) is 4.95. The molecule has 2 nitrogen and oxygen atoms in total. The minimum atomic E-state index is 0.820. The molecule has 2 fully saturated rings. The molecule has 2 aliphatic heterocycles. The van der Waals surface area contributed by atoms with Gasteiger partial charge in [0.2, 0.25) is 0 Å². The Balaban J connectivity index is 1.68. The third-order valence-electron chi connectivity index (χ3n) is 2.59. The standard InChI is InChI=1S/C8H16N2/c1-3-8(9-4-1)7-10-5-2-6-10/h8-9H,1-7H2/t8-/m0/s1. The first-order valence-electron chi connectivity index (χ1n) is 4.41. The SMILES string of the molecule is C1CN[C@H](CN2CCC2)C1. The van der Waals surface area contributed by atoms with Gasteiger partial charge in [-0.3, -0.25) is 0 Å². The largest absolute Gasteiger partial charge is 0.313 e. The molecule has 0 bridgehead atoms. The summed E-state index contributed by atoms with van der Waals surface area (Å²) in [5.74, 6) is 0. The maximum atomic E-state index is 3.51. The number of nitrogens with one attached hydrogen (secondary N) is 1. The average Bonchev–Trinajstić information content (AvgIpc) is 2.29. The number of hydrogen-bond donors (Lipinski definition) is 1. The van der Waals surface area contributed by atoms with Gasteiger partial charge in [0.15, 0.2) is 0 Å². The van der Waals surface area contributed by atoms with Crippen molar-refractivity contribution >= 4 is 0 Å². The van der Waals surface area contributed by atoms with E-state index in [1.165, 1.54) is 45.4 Å². The molecule has 0 radical (unpaired) electrons. The smallest absolute Gasteiger partial charge is 0.0195 e. The molecule has 0 aliphatic carbocycles. The van der Waals surface area contributed by atoms with Gasteiger partial charge in [0.1, 0.15) is 0 Å². The summed E-state index contributed by atoms with van der Waals surface area (Å²) in [5, 5.41) is 3.51. The Kier molecular flexibility index (Phi) is 1.91. The summed E-state index contributed by atoms with van der Waals surface area (Å²) in [6.45, 7) is 5.24. The van der Waals surface area contributed by atoms with E-state index in [9.17, 15) is 0 Å². The van der Waals surface area contributed by atoms with Crippen LogP contribution in [0.15, 0.2) is 0 Å². The summed E-state index contributed by atoms with van der Waals surface area (Å²) in [6, 6.07) is 0.820. The number of likely N-dealkylation sites (tertiary alicyclic amines) is 1. The fraction of sp³-hybridized carbons (Fsp3) is 1.00. The van der Waals surface area contributed by atoms with Crippen molar-refractivity contribution in [3.05, 3.63) is 0 Å². The number of nitrogens with zero attached hydrogens (tertiary/aromatic N) is 1. The van der Waals surface area contributed by atoms with Gasteiger partial charge in [-0.1, -0.05) is 0 Å². The van der Waals surface area contributed by atoms with Crippen molar-refractivity contribution in [2.24, 2.45) is 0 Å². The lowest BCUT2D eigenvalue weighted by Gasteiger charge is -2.32. The summed E-state index contributed by atoms with van der Waals surface area (Å²) in [6.07, 6.45) is 4.21. The van der Waals surface area contributed by atoms with Crippen molar-refractivity contribution in [2.45, 2.75) is 25.3 Å². The van der Waals surface area contributed by atoms with Crippen LogP contribution in [-0.2, 0) is 0 Å². The number of hydrogen-bond acceptors (Lipinski definition) is 2. The lowest BCUT2D eigenvalue weighted by molar-refractivity contribution is 0.166. The van der Waals surface area contributed by atoms with Crippen LogP contribution >= 0.6 is 0 Å². The van der Waals surface area contributed by atoms with Gasteiger partial charge in [-0.25, -0.2) is 0 Å². The number of rotatable bonds is 2. The van der Waals surface area contributed by atoms with Crippen LogP contribution in [-0.4, -0.2) is 37.1 Å². The molecule has 0 aromatic rings. The van der Waals surface area contributed by atoms with Gasteiger partial charge in [-0.15, -0.1) is 0 Å². The second-order valence-electron chi connectivity index (χ2n) is 3.45. The zero-order chi connectivity index (χ0) is 6.81. The maximum Gasteiger partial charge on any atom is 0.0195 e. The fourth-order valence-electron chi connectivity index (χ4n) is 1.79. The van der Waals surface area contributed by atoms with Gasteiger partial charge >= 0.3 is 0 Å². The van der Waals surface area contributed by atoms with Gasteiger partial charge in [0.05, 0.1) is 0 Å². The van der Waals surface area contributed by atoms with Crippen LogP contribution in [0.25, 0.3) is 0 Å². The van der Waals surface area contributed by atoms with E-state index in [2.05, 4.69) is 10.2 Å². The van der Waals surface area contributed by atoms with Crippen LogP contribution in [0, 0.1) is 0 Å². The summed E-state index contributed by atoms with van der Waals surface area (Å²) in [7, 11) is 0. The predicted octanol–water partition coefficient (Wildman–Crippen LogP) is 0.444. The molecule has 1 N–H and O–H groups in total. The molecule has 2 heteroatoms. The van der Waals surface area contributed by atoms with Crippen LogP contribution in [0.5, 0.6) is 0 Å². The van der Waals surface area contributed by atoms with E-state index in [4.69, 9.17) is 0 Å². The molecule has 2 heterocycles. The molecular weight excluding hydrogens is 124 g/mol. The molecule has 1 atom stereocenters. The molecule has 2 rings (SSSR count). The molecule has 0 unspecified atom stereocenters. The van der Waals surface area contributed by atoms with Crippen LogP contribution in [0.4, 0.5) is 0 Å². The molecule has 10 heavy (non-hydrogen) atoms. The van der Waals surface area contributed by atoms with Crippen LogP contribution in [0.2, 0.25) is 0 Å². The van der Waals surface area contributed by atoms with Crippen molar-refractivity contribution in [1.29, 1.82) is 0 Å². The van der Waals surface area contributed by atoms with Crippen molar-refractivity contribution in [2.75, 3.05) is 26.2 Å². The Morgan fingerprint density at radius 1 is 1.30 bits per heavy atom. The Hall–Kier alpha value is -0.0800. The highest BCUT2D eigenvalue weighted by Gasteiger charge is 2.20. The summed E-state index contributed by atoms with van der Waals surface area (Å²) in [4.78, 5) is 2.54. The van der Waals surface area contributed by atoms with Crippen LogP contribution in [0.1, 0.15) is 19.3 Å². The molecule has 2 saturated heterocycles. The second kappa shape index (κ2) is 2.89. The monoisotopic (exact) mass is 140 g/mol. The Bertz CT molecular complexity index is 104. The maximum absolute atomic E-state index is 3.51. The quantitative estimate of drug-likeness (QED) is 0.599. The second-order valence-corrected chi connectivity index (χ2v) is 3.45. The first-order valence-corrected chi connectivity index (χ1v) is 4.41. The summed E-state index contributed by atoms with van der Waals surface area (Å²) < 4.78 is 0. The molecule has 2 aliphatic rings.